The second-order valence-corrected chi connectivity index (χ2v) is 8.93. The summed E-state index contributed by atoms with van der Waals surface area (Å²) in [7, 11) is 2.99. The maximum atomic E-state index is 13.1. The molecule has 0 spiro atoms. The third kappa shape index (κ3) is 4.45. The first-order chi connectivity index (χ1) is 15.3. The second-order valence-electron chi connectivity index (χ2n) is 7.97. The molecule has 0 saturated heterocycles. The normalized spacial score (nSPS) is 14.6. The number of carbonyl (C=O) groups excluding carboxylic acids is 1. The molecule has 1 fully saturated rings. The molecule has 32 heavy (non-hydrogen) atoms. The lowest BCUT2D eigenvalue weighted by Crippen LogP contribution is -2.38. The Labute approximate surface area is 187 Å². The van der Waals surface area contributed by atoms with Crippen LogP contribution in [0.5, 0.6) is 0 Å². The zero-order chi connectivity index (χ0) is 22.8. The van der Waals surface area contributed by atoms with Crippen molar-refractivity contribution in [3.63, 3.8) is 0 Å². The highest BCUT2D eigenvalue weighted by Crippen LogP contribution is 2.33. The number of nitrogens with one attached hydrogen (secondary N) is 1. The van der Waals surface area contributed by atoms with Gasteiger partial charge in [-0.15, -0.1) is 0 Å². The first-order valence-electron chi connectivity index (χ1n) is 10.5. The van der Waals surface area contributed by atoms with Crippen molar-refractivity contribution < 1.29 is 9.18 Å². The lowest BCUT2D eigenvalue weighted by Gasteiger charge is -2.21. The third-order valence-electron chi connectivity index (χ3n) is 5.72. The quantitative estimate of drug-likeness (QED) is 0.467. The van der Waals surface area contributed by atoms with Gasteiger partial charge in [0, 0.05) is 25.7 Å². The van der Waals surface area contributed by atoms with E-state index in [1.165, 1.54) is 42.3 Å². The molecule has 4 rings (SSSR count). The van der Waals surface area contributed by atoms with Crippen molar-refractivity contribution in [1.82, 2.24) is 19.1 Å². The molecule has 1 aliphatic rings. The number of aromatic nitrogens is 4. The van der Waals surface area contributed by atoms with Crippen LogP contribution >= 0.6 is 11.8 Å². The molecule has 1 saturated carbocycles. The van der Waals surface area contributed by atoms with E-state index in [4.69, 9.17) is 0 Å². The Morgan fingerprint density at radius 1 is 1.09 bits per heavy atom. The molecule has 0 radical (unpaired) electrons. The molecule has 1 aliphatic carbocycles. The van der Waals surface area contributed by atoms with Crippen LogP contribution in [-0.2, 0) is 18.9 Å². The topological polar surface area (TPSA) is 98.9 Å². The van der Waals surface area contributed by atoms with Crippen molar-refractivity contribution >= 4 is 34.4 Å². The van der Waals surface area contributed by atoms with Gasteiger partial charge in [-0.05, 0) is 37.1 Å². The molecule has 168 valence electrons. The smallest absolute Gasteiger partial charge is 0.325 e. The Balaban J connectivity index is 1.69. The van der Waals surface area contributed by atoms with Crippen molar-refractivity contribution in [1.29, 1.82) is 0 Å². The van der Waals surface area contributed by atoms with Crippen molar-refractivity contribution in [2.45, 2.75) is 43.0 Å². The van der Waals surface area contributed by atoms with Crippen LogP contribution in [0.15, 0.2) is 38.9 Å². The van der Waals surface area contributed by atoms with E-state index < -0.39 is 11.2 Å². The summed E-state index contributed by atoms with van der Waals surface area (Å²) >= 11 is 1.13. The van der Waals surface area contributed by atoms with Crippen LogP contribution < -0.4 is 16.6 Å². The highest BCUT2D eigenvalue weighted by atomic mass is 32.2. The predicted octanol–water partition coefficient (Wildman–Crippen LogP) is 2.94. The Hall–Kier alpha value is -3.01. The van der Waals surface area contributed by atoms with E-state index in [1.807, 2.05) is 0 Å². The minimum absolute atomic E-state index is 0.000405. The largest absolute Gasteiger partial charge is 0.332 e. The average molecular weight is 458 g/mol. The van der Waals surface area contributed by atoms with E-state index in [0.29, 0.717) is 16.5 Å². The van der Waals surface area contributed by atoms with Crippen LogP contribution in [0.3, 0.4) is 0 Å². The first-order valence-corrected chi connectivity index (χ1v) is 11.5. The highest BCUT2D eigenvalue weighted by molar-refractivity contribution is 8.00. The summed E-state index contributed by atoms with van der Waals surface area (Å²) in [6.45, 7) is 0. The molecular weight excluding hydrogens is 433 g/mol. The Kier molecular flexibility index (Phi) is 6.40. The molecule has 1 amide bonds. The number of halogens is 1. The molecule has 2 heterocycles. The second kappa shape index (κ2) is 9.23. The van der Waals surface area contributed by atoms with Crippen LogP contribution in [0.2, 0.25) is 0 Å². The van der Waals surface area contributed by atoms with Gasteiger partial charge in [-0.3, -0.25) is 18.7 Å². The van der Waals surface area contributed by atoms with Crippen molar-refractivity contribution in [3.05, 3.63) is 56.7 Å². The van der Waals surface area contributed by atoms with Gasteiger partial charge < -0.3 is 5.32 Å². The summed E-state index contributed by atoms with van der Waals surface area (Å²) in [4.78, 5) is 47.1. The summed E-state index contributed by atoms with van der Waals surface area (Å²) in [6, 6.07) is 5.48. The first kappa shape index (κ1) is 22.2. The number of rotatable bonds is 5. The monoisotopic (exact) mass is 457 g/mol. The minimum atomic E-state index is -0.486. The highest BCUT2D eigenvalue weighted by Gasteiger charge is 2.23. The number of thioether (sulfide) groups is 1. The SMILES string of the molecule is Cn1c(=O)c2c(SCC(=O)Nc3ccc(F)cc3)nc(C3CCCCC3)nc2n(C)c1=O. The molecule has 1 aromatic carbocycles. The number of amides is 1. The van der Waals surface area contributed by atoms with Crippen molar-refractivity contribution in [2.75, 3.05) is 11.1 Å². The van der Waals surface area contributed by atoms with Gasteiger partial charge in [0.1, 0.15) is 22.1 Å². The lowest BCUT2D eigenvalue weighted by molar-refractivity contribution is -0.113. The number of anilines is 1. The van der Waals surface area contributed by atoms with Crippen LogP contribution in [0.1, 0.15) is 43.8 Å². The molecule has 8 nitrogen and oxygen atoms in total. The third-order valence-corrected chi connectivity index (χ3v) is 6.70. The lowest BCUT2D eigenvalue weighted by atomic mass is 9.89. The van der Waals surface area contributed by atoms with Crippen molar-refractivity contribution in [2.24, 2.45) is 14.1 Å². The molecule has 0 aliphatic heterocycles. The number of nitrogens with zero attached hydrogens (tertiary/aromatic N) is 4. The molecule has 0 unspecified atom stereocenters. The molecular formula is C22H24FN5O3S. The minimum Gasteiger partial charge on any atom is -0.325 e. The Bertz CT molecular complexity index is 1280. The summed E-state index contributed by atoms with van der Waals surface area (Å²) < 4.78 is 15.5. The van der Waals surface area contributed by atoms with Gasteiger partial charge >= 0.3 is 5.69 Å². The van der Waals surface area contributed by atoms with E-state index in [2.05, 4.69) is 15.3 Å². The standard InChI is InChI=1S/C22H24FN5O3S/c1-27-19-17(21(30)28(2)22(27)31)20(26-18(25-19)13-6-4-3-5-7-13)32-12-16(29)24-15-10-8-14(23)9-11-15/h8-11,13H,3-7,12H2,1-2H3,(H,24,29). The molecule has 0 bridgehead atoms. The summed E-state index contributed by atoms with van der Waals surface area (Å²) in [5.74, 6) is 0.0805. The van der Waals surface area contributed by atoms with Gasteiger partial charge in [-0.2, -0.15) is 0 Å². The summed E-state index contributed by atoms with van der Waals surface area (Å²) in [6.07, 6.45) is 5.27. The summed E-state index contributed by atoms with van der Waals surface area (Å²) in [5.41, 5.74) is -0.179. The van der Waals surface area contributed by atoms with Crippen LogP contribution in [0, 0.1) is 5.82 Å². The fourth-order valence-corrected chi connectivity index (χ4v) is 4.78. The predicted molar refractivity (Wildman–Crippen MR) is 122 cm³/mol. The van der Waals surface area contributed by atoms with Gasteiger partial charge in [0.15, 0.2) is 5.65 Å². The summed E-state index contributed by atoms with van der Waals surface area (Å²) in [5, 5.41) is 3.32. The molecule has 1 N–H and O–H groups in total. The number of aryl methyl sites for hydroxylation is 1. The molecule has 3 aromatic rings. The van der Waals surface area contributed by atoms with Gasteiger partial charge in [0.25, 0.3) is 5.56 Å². The molecule has 0 atom stereocenters. The fraction of sp³-hybridized carbons (Fsp3) is 0.409. The molecule has 10 heteroatoms. The number of carbonyl (C=O) groups is 1. The molecule has 2 aromatic heterocycles. The number of hydrogen-bond donors (Lipinski definition) is 1. The van der Waals surface area contributed by atoms with E-state index >= 15 is 0 Å². The number of fused-ring (bicyclic) bond motifs is 1. The van der Waals surface area contributed by atoms with Crippen molar-refractivity contribution in [3.8, 4) is 0 Å². The number of benzene rings is 1. The average Bonchev–Trinajstić information content (AvgIpc) is 2.81. The fourth-order valence-electron chi connectivity index (χ4n) is 3.96. The van der Waals surface area contributed by atoms with Crippen LogP contribution in [0.4, 0.5) is 10.1 Å². The zero-order valence-corrected chi connectivity index (χ0v) is 18.7. The Morgan fingerprint density at radius 3 is 2.47 bits per heavy atom. The van der Waals surface area contributed by atoms with Gasteiger partial charge in [0.2, 0.25) is 5.91 Å². The van der Waals surface area contributed by atoms with E-state index in [-0.39, 0.29) is 34.4 Å². The maximum absolute atomic E-state index is 13.1. The van der Waals surface area contributed by atoms with Gasteiger partial charge in [0.05, 0.1) is 5.75 Å². The van der Waals surface area contributed by atoms with Gasteiger partial charge in [-0.25, -0.2) is 19.2 Å². The van der Waals surface area contributed by atoms with Crippen LogP contribution in [-0.4, -0.2) is 30.8 Å². The van der Waals surface area contributed by atoms with E-state index in [9.17, 15) is 18.8 Å². The maximum Gasteiger partial charge on any atom is 0.332 e. The van der Waals surface area contributed by atoms with Gasteiger partial charge in [-0.1, -0.05) is 31.0 Å². The van der Waals surface area contributed by atoms with E-state index in [0.717, 1.165) is 42.0 Å². The van der Waals surface area contributed by atoms with Crippen LogP contribution in [0.25, 0.3) is 11.0 Å². The Morgan fingerprint density at radius 2 is 1.78 bits per heavy atom. The number of hydrogen-bond acceptors (Lipinski definition) is 6. The van der Waals surface area contributed by atoms with E-state index in [1.54, 1.807) is 7.05 Å². The zero-order valence-electron chi connectivity index (χ0n) is 17.9.